The maximum Gasteiger partial charge on any atom is 0.227 e. The Labute approximate surface area is 186 Å². The second-order valence-electron chi connectivity index (χ2n) is 9.35. The number of aromatic nitrogens is 2. The van der Waals surface area contributed by atoms with Crippen molar-refractivity contribution in [1.82, 2.24) is 19.8 Å². The zero-order chi connectivity index (χ0) is 21.5. The summed E-state index contributed by atoms with van der Waals surface area (Å²) in [5.74, 6) is 1.17. The third-order valence-electron chi connectivity index (χ3n) is 7.32. The fourth-order valence-corrected chi connectivity index (χ4v) is 5.39. The maximum absolute atomic E-state index is 13.5. The Morgan fingerprint density at radius 2 is 1.61 bits per heavy atom. The molecule has 5 heterocycles. The highest BCUT2D eigenvalue weighted by atomic mass is 16.2. The largest absolute Gasteiger partial charge is 0.342 e. The van der Waals surface area contributed by atoms with E-state index in [1.54, 1.807) is 0 Å². The fraction of sp³-hybridized carbons (Fsp3) is 0.577. The van der Waals surface area contributed by atoms with Crippen LogP contribution < -0.4 is 0 Å². The molecule has 1 unspecified atom stereocenters. The molecule has 3 saturated heterocycles. The van der Waals surface area contributed by atoms with E-state index in [1.807, 2.05) is 36.9 Å². The summed E-state index contributed by atoms with van der Waals surface area (Å²) in [7, 11) is 2.05. The molecule has 1 atom stereocenters. The van der Waals surface area contributed by atoms with Gasteiger partial charge in [-0.3, -0.25) is 14.8 Å². The van der Waals surface area contributed by atoms with Crippen LogP contribution in [0.2, 0.25) is 0 Å². The molecule has 3 aliphatic heterocycles. The van der Waals surface area contributed by atoms with Gasteiger partial charge in [0, 0.05) is 44.4 Å². The van der Waals surface area contributed by atoms with Crippen molar-refractivity contribution in [1.29, 1.82) is 0 Å². The van der Waals surface area contributed by atoms with Crippen LogP contribution in [0.3, 0.4) is 0 Å². The van der Waals surface area contributed by atoms with Crippen molar-refractivity contribution in [2.24, 2.45) is 11.8 Å². The summed E-state index contributed by atoms with van der Waals surface area (Å²) in [5, 5.41) is 0. The van der Waals surface area contributed by atoms with Gasteiger partial charge in [-0.1, -0.05) is 12.1 Å². The van der Waals surface area contributed by atoms with Crippen molar-refractivity contribution >= 4 is 5.91 Å². The first-order valence-electron chi connectivity index (χ1n) is 12.0. The van der Waals surface area contributed by atoms with Crippen LogP contribution in [0.5, 0.6) is 0 Å². The van der Waals surface area contributed by atoms with E-state index in [9.17, 15) is 4.79 Å². The predicted octanol–water partition coefficient (Wildman–Crippen LogP) is 3.99. The molecule has 1 amide bonds. The molecule has 5 rings (SSSR count). The molecule has 166 valence electrons. The lowest BCUT2D eigenvalue weighted by molar-refractivity contribution is -0.143. The van der Waals surface area contributed by atoms with E-state index in [-0.39, 0.29) is 5.92 Å². The van der Waals surface area contributed by atoms with Gasteiger partial charge in [0.2, 0.25) is 5.91 Å². The summed E-state index contributed by atoms with van der Waals surface area (Å²) in [6.45, 7) is 3.32. The van der Waals surface area contributed by atoms with Gasteiger partial charge in [-0.2, -0.15) is 0 Å². The summed E-state index contributed by atoms with van der Waals surface area (Å²) in [5.41, 5.74) is 2.56. The number of fused-ring (bicyclic) bond motifs is 3. The van der Waals surface area contributed by atoms with Crippen molar-refractivity contribution in [3.63, 3.8) is 0 Å². The number of amides is 1. The zero-order valence-electron chi connectivity index (χ0n) is 18.8. The summed E-state index contributed by atoms with van der Waals surface area (Å²) >= 11 is 0. The van der Waals surface area contributed by atoms with Crippen LogP contribution in [0.15, 0.2) is 49.1 Å². The first-order chi connectivity index (χ1) is 15.2. The number of carbonyl (C=O) groups is 1. The third kappa shape index (κ3) is 5.91. The van der Waals surface area contributed by atoms with Gasteiger partial charge in [0.1, 0.15) is 0 Å². The maximum atomic E-state index is 13.5. The Morgan fingerprint density at radius 1 is 1.03 bits per heavy atom. The second-order valence-corrected chi connectivity index (χ2v) is 9.35. The normalized spacial score (nSPS) is 22.6. The molecule has 31 heavy (non-hydrogen) atoms. The predicted molar refractivity (Wildman–Crippen MR) is 124 cm³/mol. The molecule has 2 aromatic heterocycles. The SMILES string of the molecule is CN(C(=O)C1CN2CCC1CC2)C(CCCc1cccnc1)CCCc1cccnc1. The van der Waals surface area contributed by atoms with E-state index in [4.69, 9.17) is 0 Å². The van der Waals surface area contributed by atoms with Crippen LogP contribution in [0.4, 0.5) is 0 Å². The average Bonchev–Trinajstić information content (AvgIpc) is 2.84. The Bertz CT molecular complexity index is 759. The van der Waals surface area contributed by atoms with E-state index in [0.29, 0.717) is 17.9 Å². The lowest BCUT2D eigenvalue weighted by Gasteiger charge is -2.45. The fourth-order valence-electron chi connectivity index (χ4n) is 5.39. The molecule has 5 nitrogen and oxygen atoms in total. The Balaban J connectivity index is 1.35. The van der Waals surface area contributed by atoms with Crippen LogP contribution in [-0.4, -0.2) is 58.4 Å². The molecule has 3 aliphatic rings. The standard InChI is InChI=1S/C26H36N4O/c1-29(26(31)25-20-30-16-12-23(25)13-17-30)24(10-2-6-21-8-4-14-27-18-21)11-3-7-22-9-5-15-28-19-22/h4-5,8-9,14-15,18-19,23-25H,2-3,6-7,10-13,16-17,20H2,1H3. The van der Waals surface area contributed by atoms with Gasteiger partial charge in [0.05, 0.1) is 5.92 Å². The number of rotatable bonds is 10. The highest BCUT2D eigenvalue weighted by Gasteiger charge is 2.40. The topological polar surface area (TPSA) is 49.3 Å². The van der Waals surface area contributed by atoms with Crippen LogP contribution in [0.25, 0.3) is 0 Å². The number of aryl methyl sites for hydroxylation is 2. The molecule has 0 spiro atoms. The van der Waals surface area contributed by atoms with Gasteiger partial charge in [-0.25, -0.2) is 0 Å². The van der Waals surface area contributed by atoms with Gasteiger partial charge < -0.3 is 9.80 Å². The van der Waals surface area contributed by atoms with E-state index >= 15 is 0 Å². The first-order valence-corrected chi connectivity index (χ1v) is 12.0. The smallest absolute Gasteiger partial charge is 0.227 e. The lowest BCUT2D eigenvalue weighted by Crippen LogP contribution is -2.54. The summed E-state index contributed by atoms with van der Waals surface area (Å²) in [4.78, 5) is 26.5. The number of pyridine rings is 2. The highest BCUT2D eigenvalue weighted by molar-refractivity contribution is 5.79. The van der Waals surface area contributed by atoms with Crippen molar-refractivity contribution in [3.05, 3.63) is 60.2 Å². The van der Waals surface area contributed by atoms with E-state index < -0.39 is 0 Å². The van der Waals surface area contributed by atoms with Crippen molar-refractivity contribution in [3.8, 4) is 0 Å². The first kappa shape index (κ1) is 21.9. The molecular weight excluding hydrogens is 384 g/mol. The lowest BCUT2D eigenvalue weighted by atomic mass is 9.78. The molecule has 0 radical (unpaired) electrons. The summed E-state index contributed by atoms with van der Waals surface area (Å²) < 4.78 is 0. The molecule has 2 bridgehead atoms. The third-order valence-corrected chi connectivity index (χ3v) is 7.32. The monoisotopic (exact) mass is 420 g/mol. The number of carbonyl (C=O) groups excluding carboxylic acids is 1. The van der Waals surface area contributed by atoms with Gasteiger partial charge in [0.25, 0.3) is 0 Å². The number of nitrogens with zero attached hydrogens (tertiary/aromatic N) is 4. The molecule has 5 heteroatoms. The van der Waals surface area contributed by atoms with E-state index in [1.165, 1.54) is 37.1 Å². The number of hydrogen-bond donors (Lipinski definition) is 0. The average molecular weight is 421 g/mol. The van der Waals surface area contributed by atoms with Crippen LogP contribution in [-0.2, 0) is 17.6 Å². The Hall–Kier alpha value is -2.27. The van der Waals surface area contributed by atoms with Crippen LogP contribution in [0, 0.1) is 11.8 Å². The molecule has 0 aliphatic carbocycles. The zero-order valence-corrected chi connectivity index (χ0v) is 18.8. The second kappa shape index (κ2) is 10.9. The van der Waals surface area contributed by atoms with Crippen molar-refractivity contribution in [2.75, 3.05) is 26.7 Å². The molecule has 2 aromatic rings. The minimum atomic E-state index is 0.201. The van der Waals surface area contributed by atoms with Gasteiger partial charge >= 0.3 is 0 Å². The van der Waals surface area contributed by atoms with Crippen molar-refractivity contribution in [2.45, 2.75) is 57.4 Å². The van der Waals surface area contributed by atoms with Crippen LogP contribution in [0.1, 0.15) is 49.7 Å². The Kier molecular flexibility index (Phi) is 7.68. The summed E-state index contributed by atoms with van der Waals surface area (Å²) in [6, 6.07) is 8.60. The van der Waals surface area contributed by atoms with Crippen molar-refractivity contribution < 1.29 is 4.79 Å². The van der Waals surface area contributed by atoms with Crippen LogP contribution >= 0.6 is 0 Å². The summed E-state index contributed by atoms with van der Waals surface area (Å²) in [6.07, 6.45) is 16.3. The molecule has 0 N–H and O–H groups in total. The molecule has 0 aromatic carbocycles. The molecule has 3 fully saturated rings. The molecule has 0 saturated carbocycles. The van der Waals surface area contributed by atoms with Gasteiger partial charge in [-0.05, 0) is 93.6 Å². The van der Waals surface area contributed by atoms with E-state index in [0.717, 1.165) is 45.1 Å². The Morgan fingerprint density at radius 3 is 2.06 bits per heavy atom. The highest BCUT2D eigenvalue weighted by Crippen LogP contribution is 2.34. The van der Waals surface area contributed by atoms with Gasteiger partial charge in [0.15, 0.2) is 0 Å². The number of hydrogen-bond acceptors (Lipinski definition) is 4. The minimum Gasteiger partial charge on any atom is -0.342 e. The van der Waals surface area contributed by atoms with Gasteiger partial charge in [-0.15, -0.1) is 0 Å². The quantitative estimate of drug-likeness (QED) is 0.583. The van der Waals surface area contributed by atoms with E-state index in [2.05, 4.69) is 38.9 Å². The number of piperidine rings is 3. The molecular formula is C26H36N4O. The minimum absolute atomic E-state index is 0.201.